The van der Waals surface area contributed by atoms with E-state index in [1.54, 1.807) is 0 Å². The first kappa shape index (κ1) is 17.0. The Morgan fingerprint density at radius 3 is 1.77 bits per heavy atom. The molecule has 0 aliphatic heterocycles. The molecule has 0 aliphatic rings. The van der Waals surface area contributed by atoms with Crippen LogP contribution >= 0.6 is 7.14 Å². The number of benzene rings is 2. The van der Waals surface area contributed by atoms with Crippen molar-refractivity contribution in [1.82, 2.24) is 0 Å². The highest BCUT2D eigenvalue weighted by Gasteiger charge is 2.32. The van der Waals surface area contributed by atoms with E-state index in [1.165, 1.54) is 25.7 Å². The highest BCUT2D eigenvalue weighted by Crippen LogP contribution is 2.50. The summed E-state index contributed by atoms with van der Waals surface area (Å²) >= 11 is 0. The Bertz CT molecular complexity index is 548. The molecule has 1 nitrogen and oxygen atoms in total. The summed E-state index contributed by atoms with van der Waals surface area (Å²) in [6.45, 7) is 4.38. The van der Waals surface area contributed by atoms with Crippen LogP contribution in [-0.2, 0) is 4.57 Å². The zero-order valence-corrected chi connectivity index (χ0v) is 14.6. The lowest BCUT2D eigenvalue weighted by Gasteiger charge is -2.26. The van der Waals surface area contributed by atoms with Gasteiger partial charge in [-0.15, -0.1) is 0 Å². The molecular formula is C20H27OP. The molecule has 0 spiro atoms. The minimum absolute atomic E-state index is 0.189. The monoisotopic (exact) mass is 314 g/mol. The first-order chi connectivity index (χ1) is 10.7. The maximum atomic E-state index is 14.0. The molecule has 1 atom stereocenters. The highest BCUT2D eigenvalue weighted by atomic mass is 31.2. The largest absolute Gasteiger partial charge is 0.313 e. The van der Waals surface area contributed by atoms with E-state index in [9.17, 15) is 4.57 Å². The van der Waals surface area contributed by atoms with Crippen LogP contribution in [-0.4, -0.2) is 5.66 Å². The van der Waals surface area contributed by atoms with Crippen LogP contribution < -0.4 is 10.6 Å². The van der Waals surface area contributed by atoms with Gasteiger partial charge in [-0.2, -0.15) is 0 Å². The maximum Gasteiger partial charge on any atom is 0.145 e. The van der Waals surface area contributed by atoms with Crippen LogP contribution in [0.4, 0.5) is 0 Å². The van der Waals surface area contributed by atoms with Crippen LogP contribution in [0.3, 0.4) is 0 Å². The minimum Gasteiger partial charge on any atom is -0.313 e. The second-order valence-electron chi connectivity index (χ2n) is 6.03. The molecule has 0 aromatic heterocycles. The van der Waals surface area contributed by atoms with Crippen molar-refractivity contribution in [3.63, 3.8) is 0 Å². The van der Waals surface area contributed by atoms with Gasteiger partial charge in [-0.25, -0.2) is 0 Å². The molecule has 0 aliphatic carbocycles. The summed E-state index contributed by atoms with van der Waals surface area (Å²) in [7, 11) is -2.56. The second-order valence-corrected chi connectivity index (χ2v) is 9.26. The first-order valence-corrected chi connectivity index (χ1v) is 10.2. The van der Waals surface area contributed by atoms with Crippen LogP contribution in [0.5, 0.6) is 0 Å². The van der Waals surface area contributed by atoms with Crippen LogP contribution in [0.15, 0.2) is 60.7 Å². The fourth-order valence-electron chi connectivity index (χ4n) is 3.01. The predicted octanol–water partition coefficient (Wildman–Crippen LogP) is 5.36. The third-order valence-electron chi connectivity index (χ3n) is 4.38. The molecule has 0 fully saturated rings. The van der Waals surface area contributed by atoms with Gasteiger partial charge in [0.2, 0.25) is 0 Å². The third kappa shape index (κ3) is 3.90. The standard InChI is InChI=1S/C20H27OP/c1-3-4-5-8-13-18(2)22(21,19-14-9-6-10-15-19)20-16-11-7-12-17-20/h6-7,9-12,14-18H,3-5,8,13H2,1-2H3. The molecule has 118 valence electrons. The van der Waals surface area contributed by atoms with Gasteiger partial charge in [0, 0.05) is 16.3 Å². The Kier molecular flexibility index (Phi) is 6.46. The fraction of sp³-hybridized carbons (Fsp3) is 0.400. The molecule has 0 saturated carbocycles. The summed E-state index contributed by atoms with van der Waals surface area (Å²) in [6.07, 6.45) is 5.95. The average Bonchev–Trinajstić information content (AvgIpc) is 2.59. The fourth-order valence-corrected chi connectivity index (χ4v) is 6.10. The Morgan fingerprint density at radius 1 is 0.818 bits per heavy atom. The Hall–Kier alpha value is -1.33. The lowest BCUT2D eigenvalue weighted by Crippen LogP contribution is -2.24. The van der Waals surface area contributed by atoms with E-state index >= 15 is 0 Å². The SMILES string of the molecule is CCCCCCC(C)P(=O)(c1ccccc1)c1ccccc1. The van der Waals surface area contributed by atoms with Crippen molar-refractivity contribution in [1.29, 1.82) is 0 Å². The van der Waals surface area contributed by atoms with Gasteiger partial charge in [-0.05, 0) is 6.42 Å². The van der Waals surface area contributed by atoms with E-state index in [0.29, 0.717) is 0 Å². The van der Waals surface area contributed by atoms with E-state index in [-0.39, 0.29) is 5.66 Å². The first-order valence-electron chi connectivity index (χ1n) is 8.40. The third-order valence-corrected chi connectivity index (χ3v) is 8.01. The van der Waals surface area contributed by atoms with Gasteiger partial charge in [0.1, 0.15) is 7.14 Å². The molecule has 0 bridgehead atoms. The summed E-state index contributed by atoms with van der Waals surface area (Å²) in [5, 5.41) is 1.98. The van der Waals surface area contributed by atoms with Crippen molar-refractivity contribution >= 4 is 17.8 Å². The minimum atomic E-state index is -2.56. The zero-order valence-electron chi connectivity index (χ0n) is 13.7. The molecular weight excluding hydrogens is 287 g/mol. The van der Waals surface area contributed by atoms with Crippen LogP contribution in [0.25, 0.3) is 0 Å². The summed E-state index contributed by atoms with van der Waals surface area (Å²) < 4.78 is 14.0. The van der Waals surface area contributed by atoms with E-state index in [1.807, 2.05) is 60.7 Å². The Balaban J connectivity index is 2.29. The normalized spacial score (nSPS) is 13.0. The number of hydrogen-bond acceptors (Lipinski definition) is 1. The second kappa shape index (κ2) is 8.34. The van der Waals surface area contributed by atoms with E-state index in [2.05, 4.69) is 13.8 Å². The zero-order chi connectivity index (χ0) is 15.8. The number of rotatable bonds is 8. The summed E-state index contributed by atoms with van der Waals surface area (Å²) in [4.78, 5) is 0. The smallest absolute Gasteiger partial charge is 0.145 e. The number of hydrogen-bond donors (Lipinski definition) is 0. The van der Waals surface area contributed by atoms with Gasteiger partial charge in [0.15, 0.2) is 0 Å². The molecule has 0 heterocycles. The molecule has 0 saturated heterocycles. The highest BCUT2D eigenvalue weighted by molar-refractivity contribution is 7.79. The molecule has 2 heteroatoms. The van der Waals surface area contributed by atoms with Crippen molar-refractivity contribution in [2.24, 2.45) is 0 Å². The quantitative estimate of drug-likeness (QED) is 0.473. The molecule has 1 unspecified atom stereocenters. The topological polar surface area (TPSA) is 17.1 Å². The van der Waals surface area contributed by atoms with Crippen LogP contribution in [0, 0.1) is 0 Å². The van der Waals surface area contributed by atoms with Gasteiger partial charge in [-0.1, -0.05) is 100 Å². The summed E-state index contributed by atoms with van der Waals surface area (Å²) in [5.41, 5.74) is 0.189. The molecule has 0 N–H and O–H groups in total. The van der Waals surface area contributed by atoms with E-state index < -0.39 is 7.14 Å². The molecule has 2 aromatic rings. The van der Waals surface area contributed by atoms with Crippen molar-refractivity contribution in [2.45, 2.75) is 51.6 Å². The van der Waals surface area contributed by atoms with Crippen LogP contribution in [0.2, 0.25) is 0 Å². The van der Waals surface area contributed by atoms with Gasteiger partial charge in [-0.3, -0.25) is 0 Å². The van der Waals surface area contributed by atoms with Crippen molar-refractivity contribution in [3.05, 3.63) is 60.7 Å². The van der Waals surface area contributed by atoms with Crippen molar-refractivity contribution < 1.29 is 4.57 Å². The maximum absolute atomic E-state index is 14.0. The van der Waals surface area contributed by atoms with E-state index in [4.69, 9.17) is 0 Å². The van der Waals surface area contributed by atoms with Crippen LogP contribution in [0.1, 0.15) is 46.0 Å². The predicted molar refractivity (Wildman–Crippen MR) is 98.0 cm³/mol. The molecule has 22 heavy (non-hydrogen) atoms. The molecule has 0 radical (unpaired) electrons. The van der Waals surface area contributed by atoms with Gasteiger partial charge in [0.25, 0.3) is 0 Å². The van der Waals surface area contributed by atoms with Gasteiger partial charge in [0.05, 0.1) is 0 Å². The van der Waals surface area contributed by atoms with Gasteiger partial charge < -0.3 is 4.57 Å². The Morgan fingerprint density at radius 2 is 1.32 bits per heavy atom. The number of unbranched alkanes of at least 4 members (excludes halogenated alkanes) is 3. The Labute approximate surface area is 135 Å². The van der Waals surface area contributed by atoms with E-state index in [0.717, 1.165) is 17.0 Å². The van der Waals surface area contributed by atoms with Gasteiger partial charge >= 0.3 is 0 Å². The molecule has 2 aromatic carbocycles. The molecule has 0 amide bonds. The van der Waals surface area contributed by atoms with Crippen molar-refractivity contribution in [3.8, 4) is 0 Å². The van der Waals surface area contributed by atoms with Crippen molar-refractivity contribution in [2.75, 3.05) is 0 Å². The molecule has 2 rings (SSSR count). The average molecular weight is 314 g/mol. The lowest BCUT2D eigenvalue weighted by molar-refractivity contribution is 0.565. The summed E-state index contributed by atoms with van der Waals surface area (Å²) in [6, 6.07) is 20.1. The lowest BCUT2D eigenvalue weighted by atomic mass is 10.1. The summed E-state index contributed by atoms with van der Waals surface area (Å²) in [5.74, 6) is 0.